The summed E-state index contributed by atoms with van der Waals surface area (Å²) in [6, 6.07) is 3.17. The van der Waals surface area contributed by atoms with Gasteiger partial charge in [-0.25, -0.2) is 4.79 Å². The molecule has 2 aliphatic heterocycles. The molecule has 10 heteroatoms. The van der Waals surface area contributed by atoms with E-state index in [0.29, 0.717) is 43.9 Å². The highest BCUT2D eigenvalue weighted by atomic mass is 16.4. The number of carbonyl (C=O) groups is 2. The number of amides is 1. The van der Waals surface area contributed by atoms with E-state index in [1.165, 1.54) is 4.63 Å². The fraction of sp³-hybridized carbons (Fsp3) is 0.684. The van der Waals surface area contributed by atoms with Crippen molar-refractivity contribution >= 4 is 23.3 Å². The van der Waals surface area contributed by atoms with Gasteiger partial charge in [-0.2, -0.15) is 0 Å². The van der Waals surface area contributed by atoms with Crippen molar-refractivity contribution in [3.05, 3.63) is 12.1 Å². The molecule has 0 bridgehead atoms. The van der Waals surface area contributed by atoms with E-state index in [1.54, 1.807) is 4.90 Å². The molecule has 3 unspecified atom stereocenters. The molecule has 1 aliphatic carbocycles. The van der Waals surface area contributed by atoms with Crippen molar-refractivity contribution in [2.45, 2.75) is 57.0 Å². The summed E-state index contributed by atoms with van der Waals surface area (Å²) >= 11 is 0. The first-order valence-electron chi connectivity index (χ1n) is 10.5. The smallest absolute Gasteiger partial charge is 0.326 e. The van der Waals surface area contributed by atoms with Gasteiger partial charge in [0.1, 0.15) is 6.04 Å². The highest BCUT2D eigenvalue weighted by molar-refractivity contribution is 5.86. The highest BCUT2D eigenvalue weighted by Crippen LogP contribution is 2.41. The minimum atomic E-state index is -0.857. The summed E-state index contributed by atoms with van der Waals surface area (Å²) in [4.78, 5) is 29.1. The molecular weight excluding hydrogens is 374 g/mol. The van der Waals surface area contributed by atoms with E-state index < -0.39 is 12.0 Å². The average Bonchev–Trinajstić information content (AvgIpc) is 3.37. The van der Waals surface area contributed by atoms with Gasteiger partial charge in [0.05, 0.1) is 0 Å². The third-order valence-electron chi connectivity index (χ3n) is 6.85. The molecule has 0 radical (unpaired) electrons. The van der Waals surface area contributed by atoms with E-state index in [1.807, 2.05) is 12.1 Å². The minimum absolute atomic E-state index is 0.0373. The van der Waals surface area contributed by atoms with Crippen LogP contribution in [0.25, 0.3) is 5.65 Å². The van der Waals surface area contributed by atoms with Gasteiger partial charge in [-0.15, -0.1) is 14.8 Å². The molecule has 3 fully saturated rings. The fourth-order valence-corrected chi connectivity index (χ4v) is 5.37. The molecule has 3 atom stereocenters. The molecule has 2 aromatic heterocycles. The first-order valence-corrected chi connectivity index (χ1v) is 10.5. The number of carboxylic acid groups (broad SMARTS) is 1. The lowest BCUT2D eigenvalue weighted by molar-refractivity contribution is -0.152. The van der Waals surface area contributed by atoms with Crippen LogP contribution in [0.1, 0.15) is 44.9 Å². The van der Waals surface area contributed by atoms with Crippen molar-refractivity contribution in [2.24, 2.45) is 11.8 Å². The highest BCUT2D eigenvalue weighted by Gasteiger charge is 2.49. The molecule has 2 aromatic rings. The molecular formula is C19H25N7O3. The number of likely N-dealkylation sites (tertiary alicyclic amines) is 1. The molecule has 154 valence electrons. The van der Waals surface area contributed by atoms with Crippen LogP contribution in [0.5, 0.6) is 0 Å². The number of nitrogens with zero attached hydrogens (tertiary/aromatic N) is 7. The first-order chi connectivity index (χ1) is 14.1. The summed E-state index contributed by atoms with van der Waals surface area (Å²) in [6.07, 6.45) is 6.23. The van der Waals surface area contributed by atoms with Gasteiger partial charge in [-0.1, -0.05) is 12.8 Å². The van der Waals surface area contributed by atoms with Crippen LogP contribution in [-0.2, 0) is 9.59 Å². The van der Waals surface area contributed by atoms with Crippen LogP contribution >= 0.6 is 0 Å². The third-order valence-corrected chi connectivity index (χ3v) is 6.85. The van der Waals surface area contributed by atoms with E-state index in [0.717, 1.165) is 31.5 Å². The molecule has 0 spiro atoms. The van der Waals surface area contributed by atoms with Gasteiger partial charge in [-0.3, -0.25) is 4.79 Å². The lowest BCUT2D eigenvalue weighted by Gasteiger charge is -2.38. The quantitative estimate of drug-likeness (QED) is 0.812. The molecule has 1 saturated carbocycles. The van der Waals surface area contributed by atoms with Gasteiger partial charge in [-0.05, 0) is 60.6 Å². The maximum Gasteiger partial charge on any atom is 0.326 e. The summed E-state index contributed by atoms with van der Waals surface area (Å²) in [5.41, 5.74) is 0.592. The van der Waals surface area contributed by atoms with E-state index in [-0.39, 0.29) is 17.9 Å². The molecule has 2 saturated heterocycles. The van der Waals surface area contributed by atoms with Crippen LogP contribution in [0.4, 0.5) is 5.82 Å². The van der Waals surface area contributed by atoms with Crippen molar-refractivity contribution in [1.29, 1.82) is 0 Å². The molecule has 10 nitrogen and oxygen atoms in total. The first kappa shape index (κ1) is 18.3. The maximum absolute atomic E-state index is 13.4. The van der Waals surface area contributed by atoms with Crippen LogP contribution in [0.3, 0.4) is 0 Å². The second kappa shape index (κ2) is 7.23. The van der Waals surface area contributed by atoms with Crippen molar-refractivity contribution in [1.82, 2.24) is 30.2 Å². The van der Waals surface area contributed by atoms with Gasteiger partial charge >= 0.3 is 5.97 Å². The number of aromatic nitrogens is 5. The Kier molecular flexibility index (Phi) is 4.56. The third kappa shape index (κ3) is 3.20. The standard InChI is InChI=1S/C19H25N7O3/c27-18(25-14-4-2-1-3-13(14)11-15(25)19(28)29)12-7-9-24(10-8-12)17-6-5-16-20-22-23-26(16)21-17/h5-6,12-15H,1-4,7-11H2,(H,28,29). The molecule has 1 N–H and O–H groups in total. The summed E-state index contributed by atoms with van der Waals surface area (Å²) in [5, 5.41) is 25.4. The summed E-state index contributed by atoms with van der Waals surface area (Å²) in [5.74, 6) is 0.193. The predicted molar refractivity (Wildman–Crippen MR) is 102 cm³/mol. The average molecular weight is 399 g/mol. The number of anilines is 1. The van der Waals surface area contributed by atoms with Crippen LogP contribution in [0, 0.1) is 11.8 Å². The Bertz CT molecular complexity index is 923. The number of hydrogen-bond acceptors (Lipinski definition) is 7. The molecule has 5 rings (SSSR count). The van der Waals surface area contributed by atoms with Crippen molar-refractivity contribution in [3.63, 3.8) is 0 Å². The predicted octanol–water partition coefficient (Wildman–Crippen LogP) is 0.980. The Morgan fingerprint density at radius 3 is 2.66 bits per heavy atom. The normalized spacial score (nSPS) is 27.9. The number of rotatable bonds is 3. The maximum atomic E-state index is 13.4. The van der Waals surface area contributed by atoms with E-state index in [4.69, 9.17) is 0 Å². The summed E-state index contributed by atoms with van der Waals surface area (Å²) in [6.45, 7) is 1.41. The number of hydrogen-bond donors (Lipinski definition) is 1. The second-order valence-electron chi connectivity index (χ2n) is 8.43. The van der Waals surface area contributed by atoms with Crippen LogP contribution < -0.4 is 4.90 Å². The fourth-order valence-electron chi connectivity index (χ4n) is 5.37. The van der Waals surface area contributed by atoms with E-state index in [9.17, 15) is 14.7 Å². The summed E-state index contributed by atoms with van der Waals surface area (Å²) in [7, 11) is 0. The van der Waals surface area contributed by atoms with Gasteiger partial charge in [0, 0.05) is 25.0 Å². The van der Waals surface area contributed by atoms with Gasteiger partial charge in [0.2, 0.25) is 5.91 Å². The molecule has 1 amide bonds. The van der Waals surface area contributed by atoms with Gasteiger partial charge < -0.3 is 14.9 Å². The van der Waals surface area contributed by atoms with Crippen molar-refractivity contribution in [2.75, 3.05) is 18.0 Å². The second-order valence-corrected chi connectivity index (χ2v) is 8.43. The van der Waals surface area contributed by atoms with E-state index in [2.05, 4.69) is 25.5 Å². The number of piperidine rings is 1. The van der Waals surface area contributed by atoms with Crippen LogP contribution in [0.15, 0.2) is 12.1 Å². The molecule has 29 heavy (non-hydrogen) atoms. The topological polar surface area (TPSA) is 117 Å². The molecule has 4 heterocycles. The van der Waals surface area contributed by atoms with Gasteiger partial charge in [0.15, 0.2) is 11.5 Å². The van der Waals surface area contributed by atoms with Crippen LogP contribution in [0.2, 0.25) is 0 Å². The number of carbonyl (C=O) groups excluding carboxylic acids is 1. The van der Waals surface area contributed by atoms with Crippen molar-refractivity contribution in [3.8, 4) is 0 Å². The Morgan fingerprint density at radius 1 is 1.07 bits per heavy atom. The number of tetrazole rings is 1. The van der Waals surface area contributed by atoms with Crippen LogP contribution in [-0.4, -0.2) is 72.3 Å². The Labute approximate surface area is 167 Å². The minimum Gasteiger partial charge on any atom is -0.480 e. The monoisotopic (exact) mass is 399 g/mol. The molecule has 3 aliphatic rings. The Hall–Kier alpha value is -2.78. The van der Waals surface area contributed by atoms with Gasteiger partial charge in [0.25, 0.3) is 0 Å². The summed E-state index contributed by atoms with van der Waals surface area (Å²) < 4.78 is 1.40. The number of carboxylic acids is 1. The SMILES string of the molecule is O=C(O)C1CC2CCCCC2N1C(=O)C1CCN(c2ccc3nnnn3n2)CC1. The Morgan fingerprint density at radius 2 is 1.86 bits per heavy atom. The zero-order valence-electron chi connectivity index (χ0n) is 16.2. The van der Waals surface area contributed by atoms with Crippen molar-refractivity contribution < 1.29 is 14.7 Å². The number of fused-ring (bicyclic) bond motifs is 2. The lowest BCUT2D eigenvalue weighted by Crippen LogP contribution is -2.50. The largest absolute Gasteiger partial charge is 0.480 e. The Balaban J connectivity index is 1.28. The number of aliphatic carboxylic acids is 1. The zero-order valence-corrected chi connectivity index (χ0v) is 16.2. The molecule has 0 aromatic carbocycles. The zero-order chi connectivity index (χ0) is 20.0. The van der Waals surface area contributed by atoms with E-state index >= 15 is 0 Å². The lowest BCUT2D eigenvalue weighted by atomic mass is 9.84.